The Labute approximate surface area is 71.2 Å². The van der Waals surface area contributed by atoms with Gasteiger partial charge in [0.25, 0.3) is 0 Å². The predicted octanol–water partition coefficient (Wildman–Crippen LogP) is 1.50. The molecule has 1 aliphatic rings. The predicted molar refractivity (Wildman–Crippen MR) is 47.3 cm³/mol. The minimum Gasteiger partial charge on any atom is -0.346 e. The van der Waals surface area contributed by atoms with Gasteiger partial charge in [-0.15, -0.1) is 0 Å². The van der Waals surface area contributed by atoms with Crippen LogP contribution in [0.1, 0.15) is 17.2 Å². The molecule has 1 aromatic rings. The zero-order valence-corrected chi connectivity index (χ0v) is 7.13. The molecule has 1 aliphatic heterocycles. The lowest BCUT2D eigenvalue weighted by molar-refractivity contribution is 1.12. The number of aromatic nitrogens is 2. The van der Waals surface area contributed by atoms with Crippen LogP contribution in [0.25, 0.3) is 5.70 Å². The minimum absolute atomic E-state index is 0.936. The SMILES string of the molecule is Cc1nc(C2=CC=C[N]2)c(C)[nH]1. The van der Waals surface area contributed by atoms with E-state index in [1.54, 1.807) is 6.20 Å². The van der Waals surface area contributed by atoms with E-state index in [0.717, 1.165) is 22.9 Å². The van der Waals surface area contributed by atoms with E-state index >= 15 is 0 Å². The first-order valence-corrected chi connectivity index (χ1v) is 3.88. The number of aryl methyl sites for hydroxylation is 2. The summed E-state index contributed by atoms with van der Waals surface area (Å²) in [4.78, 5) is 7.48. The van der Waals surface area contributed by atoms with Crippen LogP contribution in [0.15, 0.2) is 18.4 Å². The van der Waals surface area contributed by atoms with Gasteiger partial charge in [-0.1, -0.05) is 0 Å². The molecule has 1 N–H and O–H groups in total. The Bertz CT molecular complexity index is 358. The van der Waals surface area contributed by atoms with Gasteiger partial charge >= 0.3 is 0 Å². The molecule has 0 spiro atoms. The van der Waals surface area contributed by atoms with Crippen molar-refractivity contribution < 1.29 is 0 Å². The van der Waals surface area contributed by atoms with Crippen molar-refractivity contribution >= 4 is 5.70 Å². The second-order valence-corrected chi connectivity index (χ2v) is 2.82. The normalized spacial score (nSPS) is 14.7. The summed E-state index contributed by atoms with van der Waals surface area (Å²) >= 11 is 0. The smallest absolute Gasteiger partial charge is 0.110 e. The molecule has 0 bridgehead atoms. The van der Waals surface area contributed by atoms with E-state index in [2.05, 4.69) is 15.3 Å². The molecule has 0 amide bonds. The number of nitrogens with zero attached hydrogens (tertiary/aromatic N) is 2. The molecule has 0 aliphatic carbocycles. The maximum Gasteiger partial charge on any atom is 0.110 e. The molecule has 0 saturated carbocycles. The summed E-state index contributed by atoms with van der Waals surface area (Å²) in [5, 5.41) is 4.18. The van der Waals surface area contributed by atoms with Gasteiger partial charge in [-0.25, -0.2) is 4.98 Å². The molecule has 0 saturated heterocycles. The summed E-state index contributed by atoms with van der Waals surface area (Å²) < 4.78 is 0. The van der Waals surface area contributed by atoms with Crippen LogP contribution in [0.5, 0.6) is 0 Å². The number of rotatable bonds is 1. The third kappa shape index (κ3) is 1.03. The van der Waals surface area contributed by atoms with Crippen molar-refractivity contribution in [3.8, 4) is 0 Å². The number of H-pyrrole nitrogens is 1. The average molecular weight is 160 g/mol. The quantitative estimate of drug-likeness (QED) is 0.664. The summed E-state index contributed by atoms with van der Waals surface area (Å²) in [6.45, 7) is 3.95. The first kappa shape index (κ1) is 7.16. The third-order valence-electron chi connectivity index (χ3n) is 1.80. The molecule has 3 nitrogen and oxygen atoms in total. The molecular formula is C9H10N3. The van der Waals surface area contributed by atoms with Gasteiger partial charge in [0.2, 0.25) is 0 Å². The number of hydrogen-bond acceptors (Lipinski definition) is 1. The Balaban J connectivity index is 2.40. The van der Waals surface area contributed by atoms with Crippen molar-refractivity contribution in [1.29, 1.82) is 0 Å². The zero-order chi connectivity index (χ0) is 8.55. The fourth-order valence-electron chi connectivity index (χ4n) is 1.30. The summed E-state index contributed by atoms with van der Waals surface area (Å²) in [6.07, 6.45) is 5.65. The molecule has 0 aromatic carbocycles. The summed E-state index contributed by atoms with van der Waals surface area (Å²) in [5.74, 6) is 0.936. The molecule has 0 fully saturated rings. The Morgan fingerprint density at radius 1 is 1.33 bits per heavy atom. The minimum atomic E-state index is 0.936. The van der Waals surface area contributed by atoms with Gasteiger partial charge in [0.05, 0.1) is 5.70 Å². The van der Waals surface area contributed by atoms with Gasteiger partial charge in [-0.2, -0.15) is 0 Å². The number of aromatic amines is 1. The molecule has 0 unspecified atom stereocenters. The number of nitrogens with one attached hydrogen (secondary N) is 1. The average Bonchev–Trinajstić information content (AvgIpc) is 2.58. The van der Waals surface area contributed by atoms with Crippen LogP contribution in [0, 0.1) is 13.8 Å². The van der Waals surface area contributed by atoms with Crippen molar-refractivity contribution in [1.82, 2.24) is 15.3 Å². The van der Waals surface area contributed by atoms with Crippen LogP contribution in [-0.2, 0) is 0 Å². The molecule has 1 radical (unpaired) electrons. The fraction of sp³-hybridized carbons (Fsp3) is 0.222. The lowest BCUT2D eigenvalue weighted by Gasteiger charge is -1.96. The van der Waals surface area contributed by atoms with E-state index in [0.29, 0.717) is 0 Å². The number of hydrogen-bond donors (Lipinski definition) is 1. The van der Waals surface area contributed by atoms with Gasteiger partial charge < -0.3 is 4.98 Å². The monoisotopic (exact) mass is 160 g/mol. The number of allylic oxidation sites excluding steroid dienone is 2. The molecule has 2 heterocycles. The molecule has 2 rings (SSSR count). The van der Waals surface area contributed by atoms with Crippen molar-refractivity contribution in [2.24, 2.45) is 0 Å². The first-order valence-electron chi connectivity index (χ1n) is 3.88. The largest absolute Gasteiger partial charge is 0.346 e. The molecule has 3 heteroatoms. The standard InChI is InChI=1S/C9H10N3/c1-6-9(12-7(2)11-6)8-4-3-5-10-8/h3-5H,1-2H3,(H,11,12). The highest BCUT2D eigenvalue weighted by atomic mass is 15.0. The molecule has 61 valence electrons. The van der Waals surface area contributed by atoms with Gasteiger partial charge in [0.15, 0.2) is 0 Å². The van der Waals surface area contributed by atoms with Crippen LogP contribution in [-0.4, -0.2) is 9.97 Å². The van der Waals surface area contributed by atoms with Crippen LogP contribution >= 0.6 is 0 Å². The maximum absolute atomic E-state index is 4.33. The number of imidazole rings is 1. The van der Waals surface area contributed by atoms with E-state index in [9.17, 15) is 0 Å². The van der Waals surface area contributed by atoms with Crippen molar-refractivity contribution in [2.75, 3.05) is 0 Å². The van der Waals surface area contributed by atoms with Crippen molar-refractivity contribution in [3.05, 3.63) is 35.6 Å². The zero-order valence-electron chi connectivity index (χ0n) is 7.13. The van der Waals surface area contributed by atoms with E-state index < -0.39 is 0 Å². The second kappa shape index (κ2) is 2.52. The summed E-state index contributed by atoms with van der Waals surface area (Å²) in [5.41, 5.74) is 2.97. The van der Waals surface area contributed by atoms with E-state index in [4.69, 9.17) is 0 Å². The lowest BCUT2D eigenvalue weighted by Crippen LogP contribution is -1.94. The van der Waals surface area contributed by atoms with Crippen molar-refractivity contribution in [2.45, 2.75) is 13.8 Å². The summed E-state index contributed by atoms with van der Waals surface area (Å²) in [6, 6.07) is 0. The van der Waals surface area contributed by atoms with Gasteiger partial charge in [0.1, 0.15) is 11.5 Å². The molecular weight excluding hydrogens is 150 g/mol. The highest BCUT2D eigenvalue weighted by Crippen LogP contribution is 2.17. The van der Waals surface area contributed by atoms with Gasteiger partial charge in [0, 0.05) is 11.9 Å². The van der Waals surface area contributed by atoms with Crippen LogP contribution < -0.4 is 5.32 Å². The van der Waals surface area contributed by atoms with Gasteiger partial charge in [-0.3, -0.25) is 5.32 Å². The Morgan fingerprint density at radius 2 is 2.17 bits per heavy atom. The molecule has 12 heavy (non-hydrogen) atoms. The second-order valence-electron chi connectivity index (χ2n) is 2.82. The van der Waals surface area contributed by atoms with E-state index in [-0.39, 0.29) is 0 Å². The highest BCUT2D eigenvalue weighted by Gasteiger charge is 2.10. The van der Waals surface area contributed by atoms with E-state index in [1.807, 2.05) is 26.0 Å². The Kier molecular flexibility index (Phi) is 1.50. The lowest BCUT2D eigenvalue weighted by atomic mass is 10.2. The Hall–Kier alpha value is -1.51. The highest BCUT2D eigenvalue weighted by molar-refractivity contribution is 5.67. The first-order chi connectivity index (χ1) is 5.77. The van der Waals surface area contributed by atoms with Crippen LogP contribution in [0.3, 0.4) is 0 Å². The topological polar surface area (TPSA) is 42.8 Å². The van der Waals surface area contributed by atoms with Crippen molar-refractivity contribution in [3.63, 3.8) is 0 Å². The van der Waals surface area contributed by atoms with E-state index in [1.165, 1.54) is 0 Å². The van der Waals surface area contributed by atoms with Gasteiger partial charge in [-0.05, 0) is 26.0 Å². The molecule has 1 aromatic heterocycles. The molecule has 0 atom stereocenters. The van der Waals surface area contributed by atoms with Crippen LogP contribution in [0.4, 0.5) is 0 Å². The maximum atomic E-state index is 4.33. The summed E-state index contributed by atoms with van der Waals surface area (Å²) in [7, 11) is 0. The van der Waals surface area contributed by atoms with Crippen LogP contribution in [0.2, 0.25) is 0 Å². The fourth-order valence-corrected chi connectivity index (χ4v) is 1.30. The third-order valence-corrected chi connectivity index (χ3v) is 1.80. The Morgan fingerprint density at radius 3 is 2.67 bits per heavy atom.